The second kappa shape index (κ2) is 5.30. The van der Waals surface area contributed by atoms with Gasteiger partial charge in [0.05, 0.1) is 6.20 Å². The van der Waals surface area contributed by atoms with Crippen LogP contribution in [0.5, 0.6) is 0 Å². The molecule has 1 saturated heterocycles. The Kier molecular flexibility index (Phi) is 3.16. The molecule has 1 aliphatic heterocycles. The standard InChI is InChI=1S/C17H18N4/c1-2-13(12-4-7-18-8-5-12)10-14(3-1)15-6-9-19-17-16(15)11-20-21-17/h1-3,6,9-12,18H,4-5,7-8H2,(H,19,20,21). The van der Waals surface area contributed by atoms with E-state index >= 15 is 0 Å². The number of piperidine rings is 1. The van der Waals surface area contributed by atoms with Crippen LogP contribution in [0.2, 0.25) is 0 Å². The number of aromatic amines is 1. The van der Waals surface area contributed by atoms with Gasteiger partial charge in [-0.2, -0.15) is 5.10 Å². The number of nitrogens with zero attached hydrogens (tertiary/aromatic N) is 2. The van der Waals surface area contributed by atoms with E-state index in [1.165, 1.54) is 29.5 Å². The lowest BCUT2D eigenvalue weighted by atomic mass is 9.88. The first kappa shape index (κ1) is 12.5. The van der Waals surface area contributed by atoms with Crippen LogP contribution in [-0.4, -0.2) is 28.3 Å². The van der Waals surface area contributed by atoms with Crippen molar-refractivity contribution in [3.63, 3.8) is 0 Å². The van der Waals surface area contributed by atoms with E-state index in [-0.39, 0.29) is 0 Å². The lowest BCUT2D eigenvalue weighted by molar-refractivity contribution is 0.460. The van der Waals surface area contributed by atoms with Crippen molar-refractivity contribution in [2.45, 2.75) is 18.8 Å². The first-order valence-electron chi connectivity index (χ1n) is 7.51. The maximum absolute atomic E-state index is 4.31. The van der Waals surface area contributed by atoms with Crippen molar-refractivity contribution in [3.8, 4) is 11.1 Å². The van der Waals surface area contributed by atoms with Gasteiger partial charge in [-0.25, -0.2) is 4.98 Å². The summed E-state index contributed by atoms with van der Waals surface area (Å²) in [7, 11) is 0. The molecule has 1 aromatic carbocycles. The smallest absolute Gasteiger partial charge is 0.155 e. The Morgan fingerprint density at radius 3 is 2.90 bits per heavy atom. The van der Waals surface area contributed by atoms with Crippen LogP contribution in [-0.2, 0) is 0 Å². The van der Waals surface area contributed by atoms with Crippen LogP contribution >= 0.6 is 0 Å². The molecular formula is C17H18N4. The number of rotatable bonds is 2. The number of fused-ring (bicyclic) bond motifs is 1. The van der Waals surface area contributed by atoms with Crippen LogP contribution in [0, 0.1) is 0 Å². The molecule has 2 aromatic heterocycles. The highest BCUT2D eigenvalue weighted by molar-refractivity contribution is 5.92. The maximum atomic E-state index is 4.31. The van der Waals surface area contributed by atoms with Crippen molar-refractivity contribution >= 4 is 11.0 Å². The van der Waals surface area contributed by atoms with E-state index in [1.807, 2.05) is 12.4 Å². The molecule has 3 heterocycles. The average molecular weight is 278 g/mol. The van der Waals surface area contributed by atoms with E-state index in [0.717, 1.165) is 24.1 Å². The summed E-state index contributed by atoms with van der Waals surface area (Å²) in [6.45, 7) is 2.24. The maximum Gasteiger partial charge on any atom is 0.155 e. The fourth-order valence-electron chi connectivity index (χ4n) is 3.22. The van der Waals surface area contributed by atoms with Crippen molar-refractivity contribution in [1.29, 1.82) is 0 Å². The molecule has 21 heavy (non-hydrogen) atoms. The Morgan fingerprint density at radius 2 is 2.00 bits per heavy atom. The Labute approximate surface area is 123 Å². The second-order valence-electron chi connectivity index (χ2n) is 5.64. The third-order valence-corrected chi connectivity index (χ3v) is 4.36. The molecule has 0 atom stereocenters. The Hall–Kier alpha value is -2.20. The number of hydrogen-bond donors (Lipinski definition) is 2. The molecule has 0 aliphatic carbocycles. The summed E-state index contributed by atoms with van der Waals surface area (Å²) in [5, 5.41) is 11.6. The first-order chi connectivity index (χ1) is 10.4. The highest BCUT2D eigenvalue weighted by Crippen LogP contribution is 2.31. The van der Waals surface area contributed by atoms with Crippen molar-refractivity contribution in [3.05, 3.63) is 48.3 Å². The number of aromatic nitrogens is 3. The molecule has 0 amide bonds. The number of nitrogens with one attached hydrogen (secondary N) is 2. The summed E-state index contributed by atoms with van der Waals surface area (Å²) < 4.78 is 0. The van der Waals surface area contributed by atoms with Crippen LogP contribution < -0.4 is 5.32 Å². The molecule has 0 bridgehead atoms. The zero-order valence-corrected chi connectivity index (χ0v) is 11.8. The lowest BCUT2D eigenvalue weighted by Gasteiger charge is -2.23. The quantitative estimate of drug-likeness (QED) is 0.757. The molecule has 0 unspecified atom stereocenters. The molecule has 0 radical (unpaired) electrons. The minimum atomic E-state index is 0.674. The molecule has 4 nitrogen and oxygen atoms in total. The van der Waals surface area contributed by atoms with Gasteiger partial charge in [-0.15, -0.1) is 0 Å². The van der Waals surface area contributed by atoms with Gasteiger partial charge >= 0.3 is 0 Å². The number of H-pyrrole nitrogens is 1. The third-order valence-electron chi connectivity index (χ3n) is 4.36. The van der Waals surface area contributed by atoms with Gasteiger partial charge in [-0.05, 0) is 54.6 Å². The molecule has 4 heteroatoms. The second-order valence-corrected chi connectivity index (χ2v) is 5.64. The van der Waals surface area contributed by atoms with Crippen molar-refractivity contribution in [1.82, 2.24) is 20.5 Å². The van der Waals surface area contributed by atoms with Crippen LogP contribution in [0.1, 0.15) is 24.3 Å². The monoisotopic (exact) mass is 278 g/mol. The van der Waals surface area contributed by atoms with Crippen molar-refractivity contribution < 1.29 is 0 Å². The molecule has 4 rings (SSSR count). The summed E-state index contributed by atoms with van der Waals surface area (Å²) in [6.07, 6.45) is 6.14. The molecule has 1 aliphatic rings. The first-order valence-corrected chi connectivity index (χ1v) is 7.51. The van der Waals surface area contributed by atoms with Crippen LogP contribution in [0.4, 0.5) is 0 Å². The summed E-state index contributed by atoms with van der Waals surface area (Å²) >= 11 is 0. The fourth-order valence-corrected chi connectivity index (χ4v) is 3.22. The van der Waals surface area contributed by atoms with Crippen LogP contribution in [0.25, 0.3) is 22.2 Å². The third kappa shape index (κ3) is 2.32. The van der Waals surface area contributed by atoms with Gasteiger partial charge in [0.2, 0.25) is 0 Å². The van der Waals surface area contributed by atoms with E-state index in [2.05, 4.69) is 50.8 Å². The number of hydrogen-bond acceptors (Lipinski definition) is 3. The summed E-state index contributed by atoms with van der Waals surface area (Å²) in [4.78, 5) is 4.31. The van der Waals surface area contributed by atoms with Gasteiger partial charge in [0.25, 0.3) is 0 Å². The highest BCUT2D eigenvalue weighted by Gasteiger charge is 2.16. The van der Waals surface area contributed by atoms with E-state index in [0.29, 0.717) is 5.92 Å². The largest absolute Gasteiger partial charge is 0.317 e. The summed E-state index contributed by atoms with van der Waals surface area (Å²) in [5.74, 6) is 0.674. The normalized spacial score (nSPS) is 16.4. The van der Waals surface area contributed by atoms with Crippen LogP contribution in [0.3, 0.4) is 0 Å². The van der Waals surface area contributed by atoms with Gasteiger partial charge in [0.1, 0.15) is 0 Å². The molecule has 0 saturated carbocycles. The SMILES string of the molecule is c1cc(-c2ccnc3[nH]ncc23)cc(C2CCNCC2)c1. The lowest BCUT2D eigenvalue weighted by Crippen LogP contribution is -2.26. The summed E-state index contributed by atoms with van der Waals surface area (Å²) in [5.41, 5.74) is 4.74. The number of benzene rings is 1. The van der Waals surface area contributed by atoms with Crippen LogP contribution in [0.15, 0.2) is 42.7 Å². The zero-order valence-electron chi connectivity index (χ0n) is 11.8. The van der Waals surface area contributed by atoms with E-state index in [1.54, 1.807) is 0 Å². The molecule has 0 spiro atoms. The van der Waals surface area contributed by atoms with Gasteiger partial charge in [0, 0.05) is 11.6 Å². The van der Waals surface area contributed by atoms with Gasteiger partial charge in [-0.3, -0.25) is 5.10 Å². The van der Waals surface area contributed by atoms with Crippen molar-refractivity contribution in [2.24, 2.45) is 0 Å². The Balaban J connectivity index is 1.76. The predicted molar refractivity (Wildman–Crippen MR) is 84.2 cm³/mol. The predicted octanol–water partition coefficient (Wildman–Crippen LogP) is 3.09. The molecule has 1 fully saturated rings. The minimum Gasteiger partial charge on any atom is -0.317 e. The fraction of sp³-hybridized carbons (Fsp3) is 0.294. The zero-order chi connectivity index (χ0) is 14.1. The van der Waals surface area contributed by atoms with Gasteiger partial charge in [0.15, 0.2) is 5.65 Å². The van der Waals surface area contributed by atoms with Gasteiger partial charge in [-0.1, -0.05) is 24.3 Å². The minimum absolute atomic E-state index is 0.674. The van der Waals surface area contributed by atoms with E-state index < -0.39 is 0 Å². The molecule has 2 N–H and O–H groups in total. The summed E-state index contributed by atoms with van der Waals surface area (Å²) in [6, 6.07) is 11.0. The number of pyridine rings is 1. The molecule has 106 valence electrons. The Morgan fingerprint density at radius 1 is 1.10 bits per heavy atom. The van der Waals surface area contributed by atoms with Crippen molar-refractivity contribution in [2.75, 3.05) is 13.1 Å². The molecular weight excluding hydrogens is 260 g/mol. The molecule has 3 aromatic rings. The highest BCUT2D eigenvalue weighted by atomic mass is 15.1. The topological polar surface area (TPSA) is 53.6 Å². The van der Waals surface area contributed by atoms with E-state index in [9.17, 15) is 0 Å². The average Bonchev–Trinajstić information content (AvgIpc) is 3.04. The van der Waals surface area contributed by atoms with Gasteiger partial charge < -0.3 is 5.32 Å². The van der Waals surface area contributed by atoms with E-state index in [4.69, 9.17) is 0 Å². The Bertz CT molecular complexity index is 756.